The van der Waals surface area contributed by atoms with E-state index in [1.165, 1.54) is 83.5 Å². The molecule has 0 N–H and O–H groups in total. The molecule has 3 aliphatic rings. The van der Waals surface area contributed by atoms with Crippen LogP contribution in [0, 0.1) is 0 Å². The summed E-state index contributed by atoms with van der Waals surface area (Å²) < 4.78 is 6.79. The van der Waals surface area contributed by atoms with Crippen LogP contribution in [0.2, 0.25) is 0 Å². The molecule has 0 aromatic heterocycles. The molecule has 1 nitrogen and oxygen atoms in total. The lowest BCUT2D eigenvalue weighted by Gasteiger charge is -2.41. The van der Waals surface area contributed by atoms with E-state index in [0.717, 1.165) is 28.2 Å². The number of ether oxygens (including phenoxy) is 1. The molecule has 1 heterocycles. The van der Waals surface area contributed by atoms with Crippen molar-refractivity contribution >= 4 is 0 Å². The van der Waals surface area contributed by atoms with Gasteiger partial charge in [-0.2, -0.15) is 0 Å². The lowest BCUT2D eigenvalue weighted by Crippen LogP contribution is -2.34. The molecular weight excluding hydrogens is 785 g/mol. The lowest BCUT2D eigenvalue weighted by molar-refractivity contribution is 0.434. The molecular formula is C64H52O. The summed E-state index contributed by atoms with van der Waals surface area (Å²) in [5.74, 6) is 1.76. The summed E-state index contributed by atoms with van der Waals surface area (Å²) in [4.78, 5) is 0. The molecule has 1 aliphatic heterocycles. The van der Waals surface area contributed by atoms with Crippen molar-refractivity contribution in [1.82, 2.24) is 0 Å². The monoisotopic (exact) mass is 836 g/mol. The molecule has 0 fully saturated rings. The number of para-hydroxylation sites is 1. The van der Waals surface area contributed by atoms with Crippen LogP contribution in [0.25, 0.3) is 44.5 Å². The summed E-state index contributed by atoms with van der Waals surface area (Å²) >= 11 is 0. The maximum Gasteiger partial charge on any atom is 0.132 e. The summed E-state index contributed by atoms with van der Waals surface area (Å²) in [6, 6.07) is 77.3. The standard InChI is InChI=1S/C64H52O/c1-61(2,3)46-32-34-49-50-35-33-47(62(4,5)6)40-56(50)64(55(49)39-46)52-27-14-13-25-51(52)60-48(26-18-29-54(60)64)43-20-17-19-41(37-43)42-31-36-59-57(38-42)63(44-21-9-7-10-22-44,45-23-11-8-12-24-45)53-28-15-16-30-58(53)65-59/h7-40H,1-6H3. The second-order valence-electron chi connectivity index (χ2n) is 20.4. The Morgan fingerprint density at radius 1 is 0.308 bits per heavy atom. The van der Waals surface area contributed by atoms with Gasteiger partial charge in [-0.25, -0.2) is 0 Å². The largest absolute Gasteiger partial charge is 0.457 e. The van der Waals surface area contributed by atoms with Crippen molar-refractivity contribution in [3.63, 3.8) is 0 Å². The highest BCUT2D eigenvalue weighted by Crippen LogP contribution is 2.65. The van der Waals surface area contributed by atoms with Gasteiger partial charge in [-0.15, -0.1) is 0 Å². The molecule has 1 spiro atoms. The quantitative estimate of drug-likeness (QED) is 0.172. The zero-order valence-electron chi connectivity index (χ0n) is 38.0. The number of hydrogen-bond donors (Lipinski definition) is 0. The minimum absolute atomic E-state index is 0.00114. The third-order valence-electron chi connectivity index (χ3n) is 14.8. The Morgan fingerprint density at radius 2 is 0.815 bits per heavy atom. The molecule has 9 aromatic rings. The highest BCUT2D eigenvalue weighted by Gasteiger charge is 2.53. The van der Waals surface area contributed by atoms with Crippen LogP contribution >= 0.6 is 0 Å². The van der Waals surface area contributed by atoms with E-state index in [1.807, 2.05) is 0 Å². The van der Waals surface area contributed by atoms with Crippen LogP contribution in [-0.2, 0) is 21.7 Å². The molecule has 1 heteroatoms. The van der Waals surface area contributed by atoms with Crippen molar-refractivity contribution in [2.24, 2.45) is 0 Å². The first kappa shape index (κ1) is 39.4. The summed E-state index contributed by atoms with van der Waals surface area (Å²) in [6.07, 6.45) is 0. The molecule has 0 bridgehead atoms. The van der Waals surface area contributed by atoms with E-state index in [0.29, 0.717) is 0 Å². The average molecular weight is 837 g/mol. The van der Waals surface area contributed by atoms with Gasteiger partial charge in [-0.1, -0.05) is 224 Å². The molecule has 9 aromatic carbocycles. The van der Waals surface area contributed by atoms with Crippen molar-refractivity contribution in [3.8, 4) is 56.0 Å². The van der Waals surface area contributed by atoms with Gasteiger partial charge < -0.3 is 4.74 Å². The predicted molar refractivity (Wildman–Crippen MR) is 269 cm³/mol. The lowest BCUT2D eigenvalue weighted by atomic mass is 9.63. The van der Waals surface area contributed by atoms with Gasteiger partial charge in [-0.05, 0) is 124 Å². The fourth-order valence-corrected chi connectivity index (χ4v) is 11.7. The molecule has 65 heavy (non-hydrogen) atoms. The third kappa shape index (κ3) is 5.64. The second kappa shape index (κ2) is 14.1. The Morgan fingerprint density at radius 3 is 1.46 bits per heavy atom. The van der Waals surface area contributed by atoms with Crippen LogP contribution in [-0.4, -0.2) is 0 Å². The van der Waals surface area contributed by atoms with Crippen molar-refractivity contribution in [2.75, 3.05) is 0 Å². The molecule has 12 rings (SSSR count). The maximum atomic E-state index is 6.79. The third-order valence-corrected chi connectivity index (χ3v) is 14.8. The van der Waals surface area contributed by atoms with Crippen LogP contribution in [0.4, 0.5) is 0 Å². The average Bonchev–Trinajstić information content (AvgIpc) is 3.80. The molecule has 0 saturated carbocycles. The molecule has 0 radical (unpaired) electrons. The van der Waals surface area contributed by atoms with Crippen LogP contribution in [0.15, 0.2) is 206 Å². The van der Waals surface area contributed by atoms with E-state index in [9.17, 15) is 0 Å². The number of hydrogen-bond acceptors (Lipinski definition) is 1. The van der Waals surface area contributed by atoms with Crippen LogP contribution in [0.3, 0.4) is 0 Å². The van der Waals surface area contributed by atoms with Crippen LogP contribution in [0.1, 0.15) is 97.2 Å². The summed E-state index contributed by atoms with van der Waals surface area (Å²) in [7, 11) is 0. The molecule has 0 atom stereocenters. The van der Waals surface area contributed by atoms with E-state index < -0.39 is 10.8 Å². The molecule has 0 amide bonds. The van der Waals surface area contributed by atoms with Crippen molar-refractivity contribution < 1.29 is 4.74 Å². The van der Waals surface area contributed by atoms with Gasteiger partial charge in [0.1, 0.15) is 11.5 Å². The zero-order chi connectivity index (χ0) is 44.3. The van der Waals surface area contributed by atoms with E-state index in [2.05, 4.69) is 248 Å². The molecule has 0 unspecified atom stereocenters. The fraction of sp³-hybridized carbons (Fsp3) is 0.156. The highest BCUT2D eigenvalue weighted by molar-refractivity contribution is 6.00. The SMILES string of the molecule is CC(C)(C)c1ccc2c(c1)C1(c3cc(C(C)(C)C)ccc3-2)c2ccccc2-c2c(-c3cccc(-c4ccc5c(c4)C(c4ccccc4)(c4ccccc4)c4ccccc4O5)c3)cccc21. The first-order chi connectivity index (χ1) is 31.5. The van der Waals surface area contributed by atoms with Gasteiger partial charge in [-0.3, -0.25) is 0 Å². The van der Waals surface area contributed by atoms with Gasteiger partial charge in [0.15, 0.2) is 0 Å². The van der Waals surface area contributed by atoms with E-state index in [4.69, 9.17) is 4.74 Å². The van der Waals surface area contributed by atoms with Gasteiger partial charge in [0.2, 0.25) is 0 Å². The summed E-state index contributed by atoms with van der Waals surface area (Å²) in [5.41, 5.74) is 21.9. The minimum Gasteiger partial charge on any atom is -0.457 e. The first-order valence-corrected chi connectivity index (χ1v) is 23.2. The molecule has 0 saturated heterocycles. The Bertz CT molecular complexity index is 3250. The van der Waals surface area contributed by atoms with E-state index in [-0.39, 0.29) is 10.8 Å². The predicted octanol–water partition coefficient (Wildman–Crippen LogP) is 16.4. The Kier molecular flexibility index (Phi) is 8.57. The Labute approximate surface area is 384 Å². The Hall–Kier alpha value is -7.22. The normalized spacial score (nSPS) is 14.7. The molecule has 314 valence electrons. The maximum absolute atomic E-state index is 6.79. The zero-order valence-corrected chi connectivity index (χ0v) is 38.0. The van der Waals surface area contributed by atoms with Gasteiger partial charge in [0, 0.05) is 11.1 Å². The van der Waals surface area contributed by atoms with Crippen molar-refractivity contribution in [3.05, 3.63) is 262 Å². The number of fused-ring (bicyclic) bond motifs is 12. The first-order valence-electron chi connectivity index (χ1n) is 23.2. The topological polar surface area (TPSA) is 9.23 Å². The van der Waals surface area contributed by atoms with Gasteiger partial charge in [0.05, 0.1) is 10.8 Å². The number of rotatable bonds is 4. The fourth-order valence-electron chi connectivity index (χ4n) is 11.7. The van der Waals surface area contributed by atoms with Gasteiger partial charge in [0.25, 0.3) is 0 Å². The van der Waals surface area contributed by atoms with Crippen molar-refractivity contribution in [1.29, 1.82) is 0 Å². The highest BCUT2D eigenvalue weighted by atomic mass is 16.5. The Balaban J connectivity index is 1.07. The van der Waals surface area contributed by atoms with E-state index in [1.54, 1.807) is 0 Å². The summed E-state index contributed by atoms with van der Waals surface area (Å²) in [6.45, 7) is 14.0. The second-order valence-corrected chi connectivity index (χ2v) is 20.4. The van der Waals surface area contributed by atoms with Crippen molar-refractivity contribution in [2.45, 2.75) is 63.2 Å². The van der Waals surface area contributed by atoms with Crippen LogP contribution in [0.5, 0.6) is 11.5 Å². The summed E-state index contributed by atoms with van der Waals surface area (Å²) in [5, 5.41) is 0. The van der Waals surface area contributed by atoms with Gasteiger partial charge >= 0.3 is 0 Å². The smallest absolute Gasteiger partial charge is 0.132 e. The minimum atomic E-state index is -0.591. The number of benzene rings is 9. The van der Waals surface area contributed by atoms with E-state index >= 15 is 0 Å². The molecule has 2 aliphatic carbocycles. The van der Waals surface area contributed by atoms with Crippen LogP contribution < -0.4 is 4.74 Å².